The average molecular weight is 387 g/mol. The van der Waals surface area contributed by atoms with Crippen molar-refractivity contribution < 1.29 is 4.39 Å². The molecule has 1 N–H and O–H groups in total. The molecule has 0 unspecified atom stereocenters. The van der Waals surface area contributed by atoms with E-state index in [2.05, 4.69) is 39.7 Å². The summed E-state index contributed by atoms with van der Waals surface area (Å²) >= 11 is 10.2. The van der Waals surface area contributed by atoms with Gasteiger partial charge in [0.15, 0.2) is 0 Å². The molecule has 1 heterocycles. The van der Waals surface area contributed by atoms with Gasteiger partial charge in [-0.15, -0.1) is 11.8 Å². The number of halogens is 2. The number of H-pyrrole nitrogens is 1. The zero-order valence-corrected chi connectivity index (χ0v) is 15.0. The second kappa shape index (κ2) is 7.51. The molecule has 0 spiro atoms. The molecule has 2 aromatic rings. The molecule has 0 bridgehead atoms. The van der Waals surface area contributed by atoms with E-state index in [1.165, 1.54) is 17.8 Å². The molecule has 1 aromatic heterocycles. The normalized spacial score (nSPS) is 11.1. The number of benzene rings is 1. The van der Waals surface area contributed by atoms with Crippen molar-refractivity contribution in [3.8, 4) is 0 Å². The Hall–Kier alpha value is -0.720. The highest BCUT2D eigenvalue weighted by Crippen LogP contribution is 2.25. The van der Waals surface area contributed by atoms with Crippen molar-refractivity contribution in [3.05, 3.63) is 50.7 Å². The second-order valence-corrected chi connectivity index (χ2v) is 7.30. The molecule has 0 fully saturated rings. The number of aromatic amines is 1. The van der Waals surface area contributed by atoms with Gasteiger partial charge in [-0.25, -0.2) is 9.37 Å². The van der Waals surface area contributed by atoms with Crippen molar-refractivity contribution in [1.29, 1.82) is 0 Å². The minimum Gasteiger partial charge on any atom is -0.345 e. The molecule has 0 radical (unpaired) electrons. The highest BCUT2D eigenvalue weighted by atomic mass is 79.9. The molecule has 0 atom stereocenters. The van der Waals surface area contributed by atoms with Crippen LogP contribution in [0.15, 0.2) is 33.6 Å². The largest absolute Gasteiger partial charge is 0.345 e. The monoisotopic (exact) mass is 386 g/mol. The van der Waals surface area contributed by atoms with Crippen LogP contribution in [0.25, 0.3) is 0 Å². The Bertz CT molecular complexity index is 686. The maximum Gasteiger partial charge on any atom is 0.144 e. The Morgan fingerprint density at radius 3 is 2.76 bits per heavy atom. The van der Waals surface area contributed by atoms with Crippen LogP contribution in [-0.4, -0.2) is 9.97 Å². The lowest BCUT2D eigenvalue weighted by molar-refractivity contribution is 0.602. The number of hydrogen-bond acceptors (Lipinski definition) is 3. The predicted octanol–water partition coefficient (Wildman–Crippen LogP) is 5.53. The zero-order chi connectivity index (χ0) is 15.4. The first-order chi connectivity index (χ1) is 9.97. The van der Waals surface area contributed by atoms with Crippen LogP contribution in [0.4, 0.5) is 4.39 Å². The fourth-order valence-corrected chi connectivity index (χ4v) is 3.28. The van der Waals surface area contributed by atoms with Crippen LogP contribution in [0.5, 0.6) is 0 Å². The first-order valence-electron chi connectivity index (χ1n) is 6.62. The number of nitrogens with one attached hydrogen (secondary N) is 1. The van der Waals surface area contributed by atoms with Crippen molar-refractivity contribution in [2.45, 2.75) is 30.9 Å². The number of thioether (sulfide) groups is 1. The van der Waals surface area contributed by atoms with E-state index in [0.717, 1.165) is 22.4 Å². The summed E-state index contributed by atoms with van der Waals surface area (Å²) in [6.45, 7) is 4.30. The summed E-state index contributed by atoms with van der Waals surface area (Å²) in [6.07, 6.45) is 0.893. The van der Waals surface area contributed by atoms with Crippen LogP contribution >= 0.6 is 39.9 Å². The van der Waals surface area contributed by atoms with E-state index < -0.39 is 0 Å². The highest BCUT2D eigenvalue weighted by molar-refractivity contribution is 9.10. The second-order valence-electron chi connectivity index (χ2n) is 5.10. The van der Waals surface area contributed by atoms with E-state index in [1.54, 1.807) is 12.1 Å². The molecule has 1 aromatic carbocycles. The van der Waals surface area contributed by atoms with Gasteiger partial charge >= 0.3 is 0 Å². The van der Waals surface area contributed by atoms with E-state index >= 15 is 0 Å². The molecule has 2 nitrogen and oxygen atoms in total. The highest BCUT2D eigenvalue weighted by Gasteiger charge is 2.09. The molecule has 0 aliphatic heterocycles. The maximum absolute atomic E-state index is 13.6. The Labute approximate surface area is 141 Å². The van der Waals surface area contributed by atoms with E-state index in [9.17, 15) is 4.39 Å². The van der Waals surface area contributed by atoms with Crippen LogP contribution in [0.2, 0.25) is 0 Å². The lowest BCUT2D eigenvalue weighted by atomic mass is 10.1. The van der Waals surface area contributed by atoms with Gasteiger partial charge in [0.2, 0.25) is 0 Å². The van der Waals surface area contributed by atoms with Gasteiger partial charge in [-0.05, 0) is 40.4 Å². The van der Waals surface area contributed by atoms with Crippen molar-refractivity contribution in [1.82, 2.24) is 9.97 Å². The van der Waals surface area contributed by atoms with E-state index in [4.69, 9.17) is 12.2 Å². The van der Waals surface area contributed by atoms with E-state index in [0.29, 0.717) is 21.2 Å². The third-order valence-corrected chi connectivity index (χ3v) is 5.27. The molecule has 0 amide bonds. The quantitative estimate of drug-likeness (QED) is 0.540. The summed E-state index contributed by atoms with van der Waals surface area (Å²) in [5, 5.41) is 0. The van der Waals surface area contributed by atoms with E-state index in [-0.39, 0.29) is 5.82 Å². The van der Waals surface area contributed by atoms with Crippen molar-refractivity contribution in [2.75, 3.05) is 0 Å². The summed E-state index contributed by atoms with van der Waals surface area (Å²) in [5.41, 5.74) is 1.05. The topological polar surface area (TPSA) is 28.7 Å². The fraction of sp³-hybridized carbons (Fsp3) is 0.333. The van der Waals surface area contributed by atoms with Crippen LogP contribution in [0.3, 0.4) is 0 Å². The third kappa shape index (κ3) is 4.63. The van der Waals surface area contributed by atoms with Crippen LogP contribution in [0, 0.1) is 16.4 Å². The number of rotatable bonds is 5. The number of nitrogens with zero attached hydrogens (tertiary/aromatic N) is 1. The molecular weight excluding hydrogens is 371 g/mol. The first-order valence-corrected chi connectivity index (χ1v) is 8.81. The predicted molar refractivity (Wildman–Crippen MR) is 91.6 cm³/mol. The molecule has 21 heavy (non-hydrogen) atoms. The van der Waals surface area contributed by atoms with Gasteiger partial charge < -0.3 is 4.98 Å². The maximum atomic E-state index is 13.6. The van der Waals surface area contributed by atoms with Crippen LogP contribution < -0.4 is 0 Å². The Morgan fingerprint density at radius 2 is 2.10 bits per heavy atom. The number of aromatic nitrogens is 2. The van der Waals surface area contributed by atoms with Gasteiger partial charge in [-0.2, -0.15) is 0 Å². The molecule has 0 aliphatic carbocycles. The van der Waals surface area contributed by atoms with Crippen molar-refractivity contribution in [2.24, 2.45) is 5.92 Å². The fourth-order valence-electron chi connectivity index (χ4n) is 1.88. The molecule has 6 heteroatoms. The Balaban J connectivity index is 2.19. The summed E-state index contributed by atoms with van der Waals surface area (Å²) in [7, 11) is 0. The molecule has 2 rings (SSSR count). The molecule has 0 saturated heterocycles. The summed E-state index contributed by atoms with van der Waals surface area (Å²) in [4.78, 5) is 8.28. The molecule has 0 aliphatic rings. The minimum absolute atomic E-state index is 0.208. The van der Waals surface area contributed by atoms with Gasteiger partial charge in [0.1, 0.15) is 16.3 Å². The van der Waals surface area contributed by atoms with Gasteiger partial charge in [0.05, 0.1) is 10.2 Å². The number of hydrogen-bond donors (Lipinski definition) is 1. The SMILES string of the molecule is CC(C)Cc1[nH]c(CSc2ccccc2F)nc(=S)c1Br. The van der Waals surface area contributed by atoms with E-state index in [1.807, 2.05) is 6.07 Å². The summed E-state index contributed by atoms with van der Waals surface area (Å²) < 4.78 is 15.0. The summed E-state index contributed by atoms with van der Waals surface area (Å²) in [6, 6.07) is 6.74. The lowest BCUT2D eigenvalue weighted by Gasteiger charge is -2.10. The molecular formula is C15H16BrFN2S2. The first kappa shape index (κ1) is 16.6. The van der Waals surface area contributed by atoms with Crippen molar-refractivity contribution in [3.63, 3.8) is 0 Å². The zero-order valence-electron chi connectivity index (χ0n) is 11.8. The van der Waals surface area contributed by atoms with Crippen molar-refractivity contribution >= 4 is 39.9 Å². The van der Waals surface area contributed by atoms with Gasteiger partial charge in [-0.1, -0.05) is 38.2 Å². The summed E-state index contributed by atoms with van der Waals surface area (Å²) in [5.74, 6) is 1.64. The third-order valence-electron chi connectivity index (χ3n) is 2.80. The van der Waals surface area contributed by atoms with Gasteiger partial charge in [0, 0.05) is 10.6 Å². The average Bonchev–Trinajstić information content (AvgIpc) is 2.42. The molecule has 112 valence electrons. The minimum atomic E-state index is -0.208. The Morgan fingerprint density at radius 1 is 1.38 bits per heavy atom. The van der Waals surface area contributed by atoms with Crippen LogP contribution in [0.1, 0.15) is 25.4 Å². The standard InChI is InChI=1S/C15H16BrFN2S2/c1-9(2)7-11-14(16)15(20)19-13(18-11)8-21-12-6-4-3-5-10(12)17/h3-6,9H,7-8H2,1-2H3,(H,18,19,20). The lowest BCUT2D eigenvalue weighted by Crippen LogP contribution is -2.04. The Kier molecular flexibility index (Phi) is 5.96. The van der Waals surface area contributed by atoms with Crippen LogP contribution in [-0.2, 0) is 12.2 Å². The smallest absolute Gasteiger partial charge is 0.144 e. The molecule has 0 saturated carbocycles. The van der Waals surface area contributed by atoms with Gasteiger partial charge in [-0.3, -0.25) is 0 Å². The van der Waals surface area contributed by atoms with Gasteiger partial charge in [0.25, 0.3) is 0 Å².